The van der Waals surface area contributed by atoms with E-state index in [9.17, 15) is 0 Å². The molecule has 4 aliphatic carbocycles. The van der Waals surface area contributed by atoms with Gasteiger partial charge >= 0.3 is 0 Å². The molecule has 0 amide bonds. The fraction of sp³-hybridized carbons (Fsp3) is 0.905. The molecule has 0 radical (unpaired) electrons. The summed E-state index contributed by atoms with van der Waals surface area (Å²) in [6, 6.07) is 0. The van der Waals surface area contributed by atoms with Crippen LogP contribution in [0.15, 0.2) is 11.6 Å². The van der Waals surface area contributed by atoms with Crippen molar-refractivity contribution in [2.45, 2.75) is 66.2 Å². The molecular weight excluding hydrogens is 266 g/mol. The van der Waals surface area contributed by atoms with Crippen LogP contribution in [0.4, 0.5) is 0 Å². The van der Waals surface area contributed by atoms with E-state index in [1.165, 1.54) is 45.1 Å². The van der Waals surface area contributed by atoms with Gasteiger partial charge in [-0.05, 0) is 93.0 Å². The van der Waals surface area contributed by atoms with Gasteiger partial charge in [-0.25, -0.2) is 0 Å². The van der Waals surface area contributed by atoms with Gasteiger partial charge in [-0.2, -0.15) is 0 Å². The molecular formula is C21H37N. The van der Waals surface area contributed by atoms with Gasteiger partial charge in [0.1, 0.15) is 0 Å². The Bertz CT molecular complexity index is 408. The fourth-order valence-electron chi connectivity index (χ4n) is 6.00. The van der Waals surface area contributed by atoms with Crippen LogP contribution in [0.5, 0.6) is 0 Å². The van der Waals surface area contributed by atoms with Crippen LogP contribution >= 0.6 is 0 Å². The summed E-state index contributed by atoms with van der Waals surface area (Å²) in [4.78, 5) is 0. The molecule has 0 aromatic heterocycles. The lowest BCUT2D eigenvalue weighted by Gasteiger charge is -2.72. The summed E-state index contributed by atoms with van der Waals surface area (Å²) in [7, 11) is 2.07. The lowest BCUT2D eigenvalue weighted by atomic mass is 9.32. The van der Waals surface area contributed by atoms with Gasteiger partial charge in [-0.15, -0.1) is 0 Å². The van der Waals surface area contributed by atoms with E-state index in [2.05, 4.69) is 46.1 Å². The Kier molecular flexibility index (Phi) is 4.74. The highest BCUT2D eigenvalue weighted by atomic mass is 14.8. The summed E-state index contributed by atoms with van der Waals surface area (Å²) in [5.74, 6) is 5.85. The summed E-state index contributed by atoms with van der Waals surface area (Å²) >= 11 is 0. The summed E-state index contributed by atoms with van der Waals surface area (Å²) in [6.07, 6.45) is 11.3. The molecule has 1 N–H and O–H groups in total. The van der Waals surface area contributed by atoms with Crippen LogP contribution in [0.3, 0.4) is 0 Å². The summed E-state index contributed by atoms with van der Waals surface area (Å²) < 4.78 is 0. The maximum Gasteiger partial charge on any atom is -0.00494 e. The number of hydrogen-bond acceptors (Lipinski definition) is 1. The van der Waals surface area contributed by atoms with E-state index in [4.69, 9.17) is 0 Å². The number of hydrogen-bond donors (Lipinski definition) is 1. The highest BCUT2D eigenvalue weighted by Gasteiger charge is 2.67. The molecule has 1 nitrogen and oxygen atoms in total. The lowest BCUT2D eigenvalue weighted by molar-refractivity contribution is -0.207. The Labute approximate surface area is 138 Å². The second-order valence-electron chi connectivity index (χ2n) is 8.97. The third-order valence-corrected chi connectivity index (χ3v) is 7.72. The SMILES string of the molecule is CC/C(=C\C1CC(CC(C)CCNC)C1)C1(C)C2CC1C2C. The average Bonchev–Trinajstić information content (AvgIpc) is 2.43. The van der Waals surface area contributed by atoms with Crippen molar-refractivity contribution in [3.05, 3.63) is 11.6 Å². The molecule has 0 saturated heterocycles. The molecule has 3 unspecified atom stereocenters. The molecule has 0 heterocycles. The van der Waals surface area contributed by atoms with Gasteiger partial charge in [0.05, 0.1) is 0 Å². The van der Waals surface area contributed by atoms with Crippen LogP contribution in [0.25, 0.3) is 0 Å². The monoisotopic (exact) mass is 303 g/mol. The Hall–Kier alpha value is -0.300. The predicted octanol–water partition coefficient (Wildman–Crippen LogP) is 5.28. The van der Waals surface area contributed by atoms with E-state index in [0.717, 1.165) is 35.5 Å². The highest BCUT2D eigenvalue weighted by Crippen LogP contribution is 2.74. The van der Waals surface area contributed by atoms with Crippen LogP contribution in [-0.2, 0) is 0 Å². The first kappa shape index (κ1) is 16.6. The van der Waals surface area contributed by atoms with Gasteiger partial charge in [-0.1, -0.05) is 39.3 Å². The molecule has 3 atom stereocenters. The van der Waals surface area contributed by atoms with Crippen LogP contribution in [0.1, 0.15) is 66.2 Å². The predicted molar refractivity (Wildman–Crippen MR) is 95.8 cm³/mol. The van der Waals surface area contributed by atoms with Crippen molar-refractivity contribution in [1.82, 2.24) is 5.32 Å². The van der Waals surface area contributed by atoms with E-state index in [1.807, 2.05) is 5.57 Å². The Balaban J connectivity index is 1.46. The van der Waals surface area contributed by atoms with E-state index >= 15 is 0 Å². The first-order chi connectivity index (χ1) is 10.5. The Morgan fingerprint density at radius 2 is 1.95 bits per heavy atom. The van der Waals surface area contributed by atoms with E-state index < -0.39 is 0 Å². The smallest absolute Gasteiger partial charge is 0.00494 e. The molecule has 0 aliphatic heterocycles. The molecule has 4 saturated carbocycles. The normalized spacial score (nSPS) is 44.8. The Morgan fingerprint density at radius 1 is 1.27 bits per heavy atom. The minimum atomic E-state index is 0.610. The van der Waals surface area contributed by atoms with Gasteiger partial charge in [0.25, 0.3) is 0 Å². The zero-order valence-electron chi connectivity index (χ0n) is 15.5. The molecule has 4 rings (SSSR count). The van der Waals surface area contributed by atoms with Crippen LogP contribution in [0, 0.1) is 40.9 Å². The molecule has 4 aliphatic rings. The fourth-order valence-corrected chi connectivity index (χ4v) is 6.00. The molecule has 2 bridgehead atoms. The van der Waals surface area contributed by atoms with Gasteiger partial charge in [0.2, 0.25) is 0 Å². The first-order valence-electron chi connectivity index (χ1n) is 9.86. The topological polar surface area (TPSA) is 12.0 Å². The zero-order chi connectivity index (χ0) is 15.9. The van der Waals surface area contributed by atoms with E-state index in [0.29, 0.717) is 5.41 Å². The molecule has 0 aromatic carbocycles. The van der Waals surface area contributed by atoms with E-state index in [1.54, 1.807) is 0 Å². The van der Waals surface area contributed by atoms with Gasteiger partial charge < -0.3 is 5.32 Å². The summed E-state index contributed by atoms with van der Waals surface area (Å²) in [6.45, 7) is 11.0. The molecule has 22 heavy (non-hydrogen) atoms. The Morgan fingerprint density at radius 3 is 2.45 bits per heavy atom. The minimum absolute atomic E-state index is 0.610. The summed E-state index contributed by atoms with van der Waals surface area (Å²) in [5, 5.41) is 3.28. The van der Waals surface area contributed by atoms with Crippen molar-refractivity contribution >= 4 is 0 Å². The average molecular weight is 304 g/mol. The standard InChI is InChI=1S/C21H37N/c1-6-18(21(4)19-13-20(21)15(19)3)12-17-10-16(11-17)9-14(2)7-8-22-5/h12,14-17,19-20,22H,6-11,13H2,1-5H3/b18-12+. The highest BCUT2D eigenvalue weighted by molar-refractivity contribution is 5.31. The van der Waals surface area contributed by atoms with Crippen LogP contribution < -0.4 is 5.32 Å². The lowest BCUT2D eigenvalue weighted by Crippen LogP contribution is -2.66. The zero-order valence-corrected chi connectivity index (χ0v) is 15.5. The molecule has 126 valence electrons. The first-order valence-corrected chi connectivity index (χ1v) is 9.86. The van der Waals surface area contributed by atoms with Crippen molar-refractivity contribution in [2.24, 2.45) is 40.9 Å². The maximum atomic E-state index is 3.28. The molecule has 4 fully saturated rings. The molecule has 1 heteroatoms. The summed E-state index contributed by atoms with van der Waals surface area (Å²) in [5.41, 5.74) is 2.43. The third-order valence-electron chi connectivity index (χ3n) is 7.72. The van der Waals surface area contributed by atoms with Crippen molar-refractivity contribution in [1.29, 1.82) is 0 Å². The molecule has 0 aromatic rings. The van der Waals surface area contributed by atoms with Crippen LogP contribution in [-0.4, -0.2) is 13.6 Å². The number of rotatable bonds is 8. The van der Waals surface area contributed by atoms with Gasteiger partial charge in [-0.3, -0.25) is 0 Å². The van der Waals surface area contributed by atoms with Crippen LogP contribution in [0.2, 0.25) is 0 Å². The third kappa shape index (κ3) is 2.58. The minimum Gasteiger partial charge on any atom is -0.320 e. The van der Waals surface area contributed by atoms with Gasteiger partial charge in [0, 0.05) is 0 Å². The molecule has 0 spiro atoms. The van der Waals surface area contributed by atoms with Crippen molar-refractivity contribution in [2.75, 3.05) is 13.6 Å². The second kappa shape index (κ2) is 6.30. The largest absolute Gasteiger partial charge is 0.320 e. The number of allylic oxidation sites excluding steroid dienone is 2. The van der Waals surface area contributed by atoms with E-state index in [-0.39, 0.29) is 0 Å². The quantitative estimate of drug-likeness (QED) is 0.602. The second-order valence-corrected chi connectivity index (χ2v) is 8.97. The number of nitrogens with one attached hydrogen (secondary N) is 1. The maximum absolute atomic E-state index is 3.28. The van der Waals surface area contributed by atoms with Gasteiger partial charge in [0.15, 0.2) is 0 Å². The van der Waals surface area contributed by atoms with Crippen molar-refractivity contribution in [3.8, 4) is 0 Å². The van der Waals surface area contributed by atoms with Crippen molar-refractivity contribution in [3.63, 3.8) is 0 Å². The van der Waals surface area contributed by atoms with Crippen molar-refractivity contribution < 1.29 is 0 Å².